The van der Waals surface area contributed by atoms with Gasteiger partial charge in [-0.25, -0.2) is 4.98 Å². The number of aryl methyl sites for hydroxylation is 1. The summed E-state index contributed by atoms with van der Waals surface area (Å²) < 4.78 is 0. The summed E-state index contributed by atoms with van der Waals surface area (Å²) >= 11 is 1.58. The van der Waals surface area contributed by atoms with Gasteiger partial charge in [0.05, 0.1) is 12.1 Å². The van der Waals surface area contributed by atoms with Crippen molar-refractivity contribution >= 4 is 22.4 Å². The number of aliphatic carboxylic acids is 1. The molecule has 18 heavy (non-hydrogen) atoms. The van der Waals surface area contributed by atoms with E-state index in [2.05, 4.69) is 17.2 Å². The van der Waals surface area contributed by atoms with E-state index >= 15 is 0 Å². The maximum Gasteiger partial charge on any atom is 0.303 e. The van der Waals surface area contributed by atoms with Crippen molar-refractivity contribution in [2.45, 2.75) is 51.5 Å². The van der Waals surface area contributed by atoms with E-state index in [9.17, 15) is 4.79 Å². The van der Waals surface area contributed by atoms with Crippen molar-refractivity contribution in [3.63, 3.8) is 0 Å². The molecule has 1 aliphatic rings. The van der Waals surface area contributed by atoms with Crippen LogP contribution in [0, 0.1) is 5.92 Å². The Balaban J connectivity index is 1.87. The molecule has 2 rings (SSSR count). The molecule has 0 aromatic carbocycles. The largest absolute Gasteiger partial charge is 0.481 e. The van der Waals surface area contributed by atoms with Crippen molar-refractivity contribution in [1.29, 1.82) is 0 Å². The van der Waals surface area contributed by atoms with E-state index in [1.54, 1.807) is 11.3 Å². The summed E-state index contributed by atoms with van der Waals surface area (Å²) in [6.45, 7) is 2.29. The fourth-order valence-electron chi connectivity index (χ4n) is 2.41. The minimum atomic E-state index is -0.765. The van der Waals surface area contributed by atoms with Crippen LogP contribution in [0.1, 0.15) is 44.7 Å². The van der Waals surface area contributed by atoms with Crippen LogP contribution in [0.3, 0.4) is 0 Å². The average molecular weight is 268 g/mol. The lowest BCUT2D eigenvalue weighted by molar-refractivity contribution is -0.136. The van der Waals surface area contributed by atoms with E-state index < -0.39 is 5.97 Å². The lowest BCUT2D eigenvalue weighted by Crippen LogP contribution is -2.30. The number of carboxylic acids is 1. The van der Waals surface area contributed by atoms with E-state index in [4.69, 9.17) is 5.11 Å². The number of carbonyl (C=O) groups is 1. The maximum absolute atomic E-state index is 10.5. The van der Waals surface area contributed by atoms with E-state index in [1.165, 1.54) is 25.7 Å². The molecule has 1 heterocycles. The van der Waals surface area contributed by atoms with Crippen LogP contribution in [-0.2, 0) is 11.2 Å². The molecule has 2 N–H and O–H groups in total. The van der Waals surface area contributed by atoms with Gasteiger partial charge in [-0.05, 0) is 18.8 Å². The van der Waals surface area contributed by atoms with Crippen LogP contribution in [0.5, 0.6) is 0 Å². The molecule has 0 amide bonds. The molecule has 0 radical (unpaired) electrons. The van der Waals surface area contributed by atoms with Gasteiger partial charge in [-0.3, -0.25) is 4.79 Å². The van der Waals surface area contributed by atoms with Gasteiger partial charge in [0.1, 0.15) is 0 Å². The van der Waals surface area contributed by atoms with Gasteiger partial charge in [-0.2, -0.15) is 0 Å². The van der Waals surface area contributed by atoms with Crippen LogP contribution in [0.15, 0.2) is 5.38 Å². The van der Waals surface area contributed by atoms with Gasteiger partial charge in [0.25, 0.3) is 0 Å². The Kier molecular flexibility index (Phi) is 4.58. The third-order valence-electron chi connectivity index (χ3n) is 3.57. The van der Waals surface area contributed by atoms with E-state index in [0.717, 1.165) is 10.8 Å². The number of aromatic nitrogens is 1. The molecule has 0 saturated heterocycles. The summed E-state index contributed by atoms with van der Waals surface area (Å²) in [5.74, 6) is -0.0662. The second-order valence-electron chi connectivity index (χ2n) is 5.05. The first-order valence-electron chi connectivity index (χ1n) is 6.58. The van der Waals surface area contributed by atoms with E-state index in [1.807, 2.05) is 5.38 Å². The van der Waals surface area contributed by atoms with Crippen molar-refractivity contribution in [3.05, 3.63) is 11.1 Å². The Bertz CT molecular complexity index is 405. The quantitative estimate of drug-likeness (QED) is 0.861. The third kappa shape index (κ3) is 3.70. The van der Waals surface area contributed by atoms with Crippen molar-refractivity contribution in [2.75, 3.05) is 5.32 Å². The molecular weight excluding hydrogens is 248 g/mol. The van der Waals surface area contributed by atoms with Crippen LogP contribution >= 0.6 is 11.3 Å². The molecule has 1 fully saturated rings. The lowest BCUT2D eigenvalue weighted by Gasteiger charge is -2.29. The highest BCUT2D eigenvalue weighted by Gasteiger charge is 2.21. The lowest BCUT2D eigenvalue weighted by atomic mass is 9.86. The zero-order valence-electron chi connectivity index (χ0n) is 10.7. The molecule has 5 heteroatoms. The molecule has 4 nitrogen and oxygen atoms in total. The number of hydrogen-bond acceptors (Lipinski definition) is 4. The topological polar surface area (TPSA) is 62.2 Å². The monoisotopic (exact) mass is 268 g/mol. The summed E-state index contributed by atoms with van der Waals surface area (Å²) in [5, 5.41) is 15.0. The summed E-state index contributed by atoms with van der Waals surface area (Å²) in [6.07, 6.45) is 5.80. The fourth-order valence-corrected chi connectivity index (χ4v) is 3.22. The molecule has 100 valence electrons. The van der Waals surface area contributed by atoms with Crippen LogP contribution in [0.4, 0.5) is 5.13 Å². The molecule has 1 aliphatic carbocycles. The molecule has 2 unspecified atom stereocenters. The summed E-state index contributed by atoms with van der Waals surface area (Å²) in [7, 11) is 0. The zero-order chi connectivity index (χ0) is 13.0. The van der Waals surface area contributed by atoms with Crippen LogP contribution in [-0.4, -0.2) is 22.1 Å². The van der Waals surface area contributed by atoms with Crippen molar-refractivity contribution in [3.8, 4) is 0 Å². The maximum atomic E-state index is 10.5. The van der Waals surface area contributed by atoms with Crippen LogP contribution in [0.25, 0.3) is 0 Å². The number of hydrogen-bond donors (Lipinski definition) is 2. The van der Waals surface area contributed by atoms with E-state index in [0.29, 0.717) is 18.4 Å². The standard InChI is InChI=1S/C13H20N2O2S/c1-9-4-2-3-5-11(9)15-13-14-10(8-18-13)6-7-12(16)17/h8-9,11H,2-7H2,1H3,(H,14,15)(H,16,17). The number of thiazole rings is 1. The van der Waals surface area contributed by atoms with Gasteiger partial charge in [-0.1, -0.05) is 19.8 Å². The Morgan fingerprint density at radius 2 is 2.33 bits per heavy atom. The van der Waals surface area contributed by atoms with Crippen molar-refractivity contribution < 1.29 is 9.90 Å². The Morgan fingerprint density at radius 1 is 1.56 bits per heavy atom. The minimum Gasteiger partial charge on any atom is -0.481 e. The summed E-state index contributed by atoms with van der Waals surface area (Å²) in [5.41, 5.74) is 0.883. The van der Waals surface area contributed by atoms with Gasteiger partial charge >= 0.3 is 5.97 Å². The Labute approximate surface area is 111 Å². The molecular formula is C13H20N2O2S. The van der Waals surface area contributed by atoms with Gasteiger partial charge < -0.3 is 10.4 Å². The molecule has 2 atom stereocenters. The highest BCUT2D eigenvalue weighted by atomic mass is 32.1. The van der Waals surface area contributed by atoms with Crippen LogP contribution in [0.2, 0.25) is 0 Å². The smallest absolute Gasteiger partial charge is 0.303 e. The first-order valence-corrected chi connectivity index (χ1v) is 7.46. The van der Waals surface area contributed by atoms with Crippen LogP contribution < -0.4 is 5.32 Å². The normalized spacial score (nSPS) is 23.8. The molecule has 1 aromatic rings. The number of anilines is 1. The number of rotatable bonds is 5. The zero-order valence-corrected chi connectivity index (χ0v) is 11.5. The van der Waals surface area contributed by atoms with Crippen molar-refractivity contribution in [2.24, 2.45) is 5.92 Å². The van der Waals surface area contributed by atoms with Crippen molar-refractivity contribution in [1.82, 2.24) is 4.98 Å². The second-order valence-corrected chi connectivity index (χ2v) is 5.91. The average Bonchev–Trinajstić information content (AvgIpc) is 2.77. The Hall–Kier alpha value is -1.10. The minimum absolute atomic E-state index is 0.156. The molecule has 0 bridgehead atoms. The predicted octanol–water partition coefficient (Wildman–Crippen LogP) is 3.15. The summed E-state index contributed by atoms with van der Waals surface area (Å²) in [4.78, 5) is 15.0. The van der Waals surface area contributed by atoms with Gasteiger partial charge in [0.15, 0.2) is 5.13 Å². The van der Waals surface area contributed by atoms with Gasteiger partial charge in [0.2, 0.25) is 0 Å². The number of nitrogens with zero attached hydrogens (tertiary/aromatic N) is 1. The highest BCUT2D eigenvalue weighted by molar-refractivity contribution is 7.13. The Morgan fingerprint density at radius 3 is 3.06 bits per heavy atom. The molecule has 1 saturated carbocycles. The SMILES string of the molecule is CC1CCCCC1Nc1nc(CCC(=O)O)cs1. The molecule has 0 aliphatic heterocycles. The van der Waals surface area contributed by atoms with Gasteiger partial charge in [0, 0.05) is 17.8 Å². The summed E-state index contributed by atoms with van der Waals surface area (Å²) in [6, 6.07) is 0.525. The first kappa shape index (κ1) is 13.3. The van der Waals surface area contributed by atoms with E-state index in [-0.39, 0.29) is 6.42 Å². The fraction of sp³-hybridized carbons (Fsp3) is 0.692. The molecule has 0 spiro atoms. The highest BCUT2D eigenvalue weighted by Crippen LogP contribution is 2.28. The number of nitrogens with one attached hydrogen (secondary N) is 1. The number of carboxylic acid groups (broad SMARTS) is 1. The third-order valence-corrected chi connectivity index (χ3v) is 4.39. The second kappa shape index (κ2) is 6.18. The molecule has 1 aromatic heterocycles. The first-order chi connectivity index (χ1) is 8.65. The van der Waals surface area contributed by atoms with Gasteiger partial charge in [-0.15, -0.1) is 11.3 Å². The predicted molar refractivity (Wildman–Crippen MR) is 73.1 cm³/mol.